The first-order chi connectivity index (χ1) is 11.2. The standard InChI is InChI=1S/C15H15Cl2N3O2S/c16-12-9-13(15(21)22-17)23-14(12)10-19-5-7-20(8-6-19)11-1-3-18-4-2-11/h1-4,9H,5-8,10H2. The highest BCUT2D eigenvalue weighted by Crippen LogP contribution is 2.29. The predicted octanol–water partition coefficient (Wildman–Crippen LogP) is 3.43. The minimum Gasteiger partial charge on any atom is -0.369 e. The van der Waals surface area contributed by atoms with Gasteiger partial charge in [-0.3, -0.25) is 9.88 Å². The van der Waals surface area contributed by atoms with E-state index in [9.17, 15) is 4.79 Å². The number of pyridine rings is 1. The van der Waals surface area contributed by atoms with Gasteiger partial charge in [0.15, 0.2) is 0 Å². The molecule has 0 saturated carbocycles. The van der Waals surface area contributed by atoms with Gasteiger partial charge in [0.1, 0.15) is 16.7 Å². The zero-order chi connectivity index (χ0) is 16.2. The van der Waals surface area contributed by atoms with Crippen LogP contribution in [-0.2, 0) is 10.8 Å². The molecule has 3 rings (SSSR count). The highest BCUT2D eigenvalue weighted by molar-refractivity contribution is 7.14. The van der Waals surface area contributed by atoms with Gasteiger partial charge in [0.2, 0.25) is 0 Å². The molecule has 0 spiro atoms. The second-order valence-corrected chi connectivity index (χ2v) is 6.91. The molecule has 23 heavy (non-hydrogen) atoms. The molecule has 0 atom stereocenters. The molecule has 0 radical (unpaired) electrons. The normalized spacial score (nSPS) is 15.7. The van der Waals surface area contributed by atoms with Crippen molar-refractivity contribution in [2.24, 2.45) is 0 Å². The van der Waals surface area contributed by atoms with Gasteiger partial charge in [-0.15, -0.1) is 11.3 Å². The second-order valence-electron chi connectivity index (χ2n) is 5.21. The average Bonchev–Trinajstić information content (AvgIpc) is 2.96. The molecule has 2 aromatic rings. The summed E-state index contributed by atoms with van der Waals surface area (Å²) in [6.45, 7) is 4.49. The van der Waals surface area contributed by atoms with Crippen molar-refractivity contribution in [2.45, 2.75) is 6.54 Å². The van der Waals surface area contributed by atoms with Crippen molar-refractivity contribution in [2.75, 3.05) is 31.1 Å². The van der Waals surface area contributed by atoms with E-state index in [1.165, 1.54) is 17.0 Å². The highest BCUT2D eigenvalue weighted by atomic mass is 35.5. The number of carbonyl (C=O) groups excluding carboxylic acids is 1. The van der Waals surface area contributed by atoms with Gasteiger partial charge < -0.3 is 9.19 Å². The van der Waals surface area contributed by atoms with Crippen LogP contribution in [-0.4, -0.2) is 42.0 Å². The fraction of sp³-hybridized carbons (Fsp3) is 0.333. The Balaban J connectivity index is 1.59. The first-order valence-corrected chi connectivity index (χ1v) is 8.66. The zero-order valence-corrected chi connectivity index (χ0v) is 14.6. The fourth-order valence-electron chi connectivity index (χ4n) is 2.58. The molecule has 1 aliphatic rings. The van der Waals surface area contributed by atoms with Gasteiger partial charge in [-0.25, -0.2) is 4.79 Å². The second kappa shape index (κ2) is 7.49. The Kier molecular flexibility index (Phi) is 5.38. The van der Waals surface area contributed by atoms with E-state index in [1.54, 1.807) is 6.07 Å². The van der Waals surface area contributed by atoms with E-state index < -0.39 is 5.97 Å². The van der Waals surface area contributed by atoms with Gasteiger partial charge >= 0.3 is 5.97 Å². The Morgan fingerprint density at radius 3 is 2.61 bits per heavy atom. The van der Waals surface area contributed by atoms with Crippen LogP contribution >= 0.6 is 34.8 Å². The third kappa shape index (κ3) is 3.95. The van der Waals surface area contributed by atoms with E-state index in [0.29, 0.717) is 9.90 Å². The third-order valence-electron chi connectivity index (χ3n) is 3.80. The monoisotopic (exact) mass is 371 g/mol. The lowest BCUT2D eigenvalue weighted by Crippen LogP contribution is -2.45. The SMILES string of the molecule is O=C(OCl)c1cc(Cl)c(CN2CCN(c3ccncc3)CC2)s1. The number of anilines is 1. The fourth-order valence-corrected chi connectivity index (χ4v) is 4.02. The molecule has 1 saturated heterocycles. The summed E-state index contributed by atoms with van der Waals surface area (Å²) in [5.74, 6) is -0.563. The molecule has 2 aromatic heterocycles. The first-order valence-electron chi connectivity index (χ1n) is 7.16. The quantitative estimate of drug-likeness (QED) is 0.823. The minimum absolute atomic E-state index is 0.426. The van der Waals surface area contributed by atoms with E-state index in [-0.39, 0.29) is 0 Å². The summed E-state index contributed by atoms with van der Waals surface area (Å²) >= 11 is 12.6. The lowest BCUT2D eigenvalue weighted by Gasteiger charge is -2.35. The number of carbonyl (C=O) groups is 1. The number of hydrogen-bond donors (Lipinski definition) is 0. The van der Waals surface area contributed by atoms with Crippen LogP contribution in [0.2, 0.25) is 5.02 Å². The molecule has 0 N–H and O–H groups in total. The summed E-state index contributed by atoms with van der Waals surface area (Å²) in [6, 6.07) is 5.66. The molecule has 0 amide bonds. The lowest BCUT2D eigenvalue weighted by atomic mass is 10.2. The van der Waals surface area contributed by atoms with E-state index in [4.69, 9.17) is 23.5 Å². The van der Waals surface area contributed by atoms with Crippen LogP contribution in [0.1, 0.15) is 14.5 Å². The molecule has 3 heterocycles. The summed E-state index contributed by atoms with van der Waals surface area (Å²) in [4.78, 5) is 21.5. The Hall–Kier alpha value is -1.34. The Morgan fingerprint density at radius 2 is 1.96 bits per heavy atom. The van der Waals surface area contributed by atoms with Gasteiger partial charge in [0.25, 0.3) is 0 Å². The molecule has 0 aliphatic carbocycles. The molecule has 1 aliphatic heterocycles. The molecule has 5 nitrogen and oxygen atoms in total. The van der Waals surface area contributed by atoms with E-state index in [0.717, 1.165) is 37.6 Å². The minimum atomic E-state index is -0.563. The van der Waals surface area contributed by atoms with Gasteiger partial charge in [-0.05, 0) is 18.2 Å². The maximum Gasteiger partial charge on any atom is 0.366 e. The van der Waals surface area contributed by atoms with Crippen molar-refractivity contribution >= 4 is 46.5 Å². The molecule has 8 heteroatoms. The van der Waals surface area contributed by atoms with Crippen LogP contribution in [0.15, 0.2) is 30.6 Å². The van der Waals surface area contributed by atoms with Gasteiger partial charge in [-0.1, -0.05) is 11.6 Å². The molecule has 0 aromatic carbocycles. The van der Waals surface area contributed by atoms with Crippen LogP contribution in [0.5, 0.6) is 0 Å². The van der Waals surface area contributed by atoms with Gasteiger partial charge in [-0.2, -0.15) is 0 Å². The van der Waals surface area contributed by atoms with Crippen molar-refractivity contribution in [3.05, 3.63) is 45.4 Å². The lowest BCUT2D eigenvalue weighted by molar-refractivity contribution is 0.0756. The summed E-state index contributed by atoms with van der Waals surface area (Å²) in [7, 11) is 0. The number of thiophene rings is 1. The molecule has 122 valence electrons. The number of halogens is 2. The van der Waals surface area contributed by atoms with Crippen LogP contribution in [0.3, 0.4) is 0 Å². The predicted molar refractivity (Wildman–Crippen MR) is 92.3 cm³/mol. The average molecular weight is 372 g/mol. The molecular formula is C15H15Cl2N3O2S. The van der Waals surface area contributed by atoms with Crippen molar-refractivity contribution in [1.29, 1.82) is 0 Å². The maximum atomic E-state index is 11.4. The van der Waals surface area contributed by atoms with Gasteiger partial charge in [0.05, 0.1) is 5.02 Å². The van der Waals surface area contributed by atoms with E-state index in [1.807, 2.05) is 24.5 Å². The molecule has 0 bridgehead atoms. The number of hydrogen-bond acceptors (Lipinski definition) is 6. The first kappa shape index (κ1) is 16.5. The Bertz CT molecular complexity index is 673. The van der Waals surface area contributed by atoms with Crippen LogP contribution in [0.4, 0.5) is 5.69 Å². The molecule has 1 fully saturated rings. The Morgan fingerprint density at radius 1 is 1.26 bits per heavy atom. The summed E-state index contributed by atoms with van der Waals surface area (Å²) in [5.41, 5.74) is 1.20. The van der Waals surface area contributed by atoms with Crippen LogP contribution in [0.25, 0.3) is 0 Å². The smallest absolute Gasteiger partial charge is 0.366 e. The zero-order valence-electron chi connectivity index (χ0n) is 12.2. The van der Waals surface area contributed by atoms with Crippen molar-refractivity contribution in [3.8, 4) is 0 Å². The van der Waals surface area contributed by atoms with Crippen LogP contribution < -0.4 is 4.90 Å². The summed E-state index contributed by atoms with van der Waals surface area (Å²) < 4.78 is 4.22. The number of piperazine rings is 1. The summed E-state index contributed by atoms with van der Waals surface area (Å²) in [5, 5.41) is 0.587. The van der Waals surface area contributed by atoms with E-state index >= 15 is 0 Å². The third-order valence-corrected chi connectivity index (χ3v) is 5.49. The number of rotatable bonds is 4. The van der Waals surface area contributed by atoms with Gasteiger partial charge in [0, 0.05) is 55.7 Å². The Labute approximate surface area is 148 Å². The number of nitrogens with zero attached hydrogens (tertiary/aromatic N) is 3. The molecule has 0 unspecified atom stereocenters. The number of aromatic nitrogens is 1. The maximum absolute atomic E-state index is 11.4. The topological polar surface area (TPSA) is 45.7 Å². The summed E-state index contributed by atoms with van der Waals surface area (Å²) in [6.07, 6.45) is 3.62. The van der Waals surface area contributed by atoms with Crippen molar-refractivity contribution in [3.63, 3.8) is 0 Å². The highest BCUT2D eigenvalue weighted by Gasteiger charge is 2.20. The molecular weight excluding hydrogens is 357 g/mol. The van der Waals surface area contributed by atoms with Crippen molar-refractivity contribution < 1.29 is 9.08 Å². The van der Waals surface area contributed by atoms with Crippen LogP contribution in [0, 0.1) is 0 Å². The van der Waals surface area contributed by atoms with E-state index in [2.05, 4.69) is 19.1 Å². The largest absolute Gasteiger partial charge is 0.369 e. The van der Waals surface area contributed by atoms with Crippen molar-refractivity contribution in [1.82, 2.24) is 9.88 Å².